The average molecular weight is 276 g/mol. The van der Waals surface area contributed by atoms with Gasteiger partial charge in [-0.25, -0.2) is 0 Å². The molecule has 0 aromatic heterocycles. The van der Waals surface area contributed by atoms with E-state index in [0.717, 1.165) is 32.2 Å². The molecular formula is C16H24N2O2. The van der Waals surface area contributed by atoms with Gasteiger partial charge < -0.3 is 10.4 Å². The molecule has 0 unspecified atom stereocenters. The zero-order valence-electron chi connectivity index (χ0n) is 12.1. The number of rotatable bonds is 6. The van der Waals surface area contributed by atoms with E-state index >= 15 is 0 Å². The molecule has 1 aromatic rings. The smallest absolute Gasteiger partial charge is 0.234 e. The van der Waals surface area contributed by atoms with Crippen molar-refractivity contribution in [1.82, 2.24) is 10.2 Å². The second kappa shape index (κ2) is 6.86. The first kappa shape index (κ1) is 15.0. The molecule has 0 heterocycles. The first-order chi connectivity index (χ1) is 9.57. The fourth-order valence-corrected chi connectivity index (χ4v) is 2.73. The minimum absolute atomic E-state index is 0.0243. The molecule has 0 saturated heterocycles. The minimum Gasteiger partial charge on any atom is -0.388 e. The maximum atomic E-state index is 11.9. The molecule has 110 valence electrons. The van der Waals surface area contributed by atoms with Crippen molar-refractivity contribution in [2.45, 2.75) is 37.8 Å². The number of aliphatic hydroxyl groups is 1. The Bertz CT molecular complexity index is 427. The number of hydrogen-bond donors (Lipinski definition) is 2. The molecule has 20 heavy (non-hydrogen) atoms. The predicted molar refractivity (Wildman–Crippen MR) is 79.2 cm³/mol. The molecule has 2 N–H and O–H groups in total. The molecule has 1 fully saturated rings. The summed E-state index contributed by atoms with van der Waals surface area (Å²) in [7, 11) is 1.93. The van der Waals surface area contributed by atoms with Gasteiger partial charge in [-0.1, -0.05) is 43.2 Å². The number of hydrogen-bond acceptors (Lipinski definition) is 3. The standard InChI is InChI=1S/C16H24N2O2/c1-18(11-14-7-3-2-4-8-14)12-15(19)17-13-16(20)9-5-6-10-16/h2-4,7-8,20H,5-6,9-13H2,1H3,(H,17,19). The van der Waals surface area contributed by atoms with Crippen LogP contribution in [0.5, 0.6) is 0 Å². The van der Waals surface area contributed by atoms with Crippen LogP contribution in [0.1, 0.15) is 31.2 Å². The second-order valence-electron chi connectivity index (χ2n) is 5.87. The first-order valence-electron chi connectivity index (χ1n) is 7.29. The molecule has 0 spiro atoms. The summed E-state index contributed by atoms with van der Waals surface area (Å²) in [5.41, 5.74) is 0.519. The summed E-state index contributed by atoms with van der Waals surface area (Å²) in [6.07, 6.45) is 3.71. The number of carbonyl (C=O) groups is 1. The summed E-state index contributed by atoms with van der Waals surface area (Å²) < 4.78 is 0. The van der Waals surface area contributed by atoms with Gasteiger partial charge in [0.1, 0.15) is 0 Å². The second-order valence-corrected chi connectivity index (χ2v) is 5.87. The summed E-state index contributed by atoms with van der Waals surface area (Å²) in [5, 5.41) is 13.0. The van der Waals surface area contributed by atoms with Crippen LogP contribution in [0.2, 0.25) is 0 Å². The van der Waals surface area contributed by atoms with Crippen molar-refractivity contribution in [2.24, 2.45) is 0 Å². The van der Waals surface area contributed by atoms with Crippen molar-refractivity contribution in [2.75, 3.05) is 20.1 Å². The van der Waals surface area contributed by atoms with Crippen LogP contribution in [-0.2, 0) is 11.3 Å². The Morgan fingerprint density at radius 3 is 2.60 bits per heavy atom. The number of benzene rings is 1. The Morgan fingerprint density at radius 1 is 1.30 bits per heavy atom. The highest BCUT2D eigenvalue weighted by molar-refractivity contribution is 5.78. The lowest BCUT2D eigenvalue weighted by atomic mass is 10.0. The molecule has 0 aliphatic heterocycles. The van der Waals surface area contributed by atoms with Crippen LogP contribution >= 0.6 is 0 Å². The third-order valence-electron chi connectivity index (χ3n) is 3.86. The lowest BCUT2D eigenvalue weighted by molar-refractivity contribution is -0.123. The van der Waals surface area contributed by atoms with Gasteiger partial charge >= 0.3 is 0 Å². The fourth-order valence-electron chi connectivity index (χ4n) is 2.73. The summed E-state index contributed by atoms with van der Waals surface area (Å²) in [6, 6.07) is 10.1. The van der Waals surface area contributed by atoms with Gasteiger partial charge in [0, 0.05) is 13.1 Å². The molecule has 0 radical (unpaired) electrons. The monoisotopic (exact) mass is 276 g/mol. The molecular weight excluding hydrogens is 252 g/mol. The highest BCUT2D eigenvalue weighted by Gasteiger charge is 2.31. The van der Waals surface area contributed by atoms with E-state index in [9.17, 15) is 9.90 Å². The SMILES string of the molecule is CN(CC(=O)NCC1(O)CCCC1)Cc1ccccc1. The summed E-state index contributed by atoms with van der Waals surface area (Å²) in [5.74, 6) is -0.0243. The van der Waals surface area contributed by atoms with E-state index in [0.29, 0.717) is 13.1 Å². The Hall–Kier alpha value is -1.39. The maximum Gasteiger partial charge on any atom is 0.234 e. The predicted octanol–water partition coefficient (Wildman–Crippen LogP) is 1.54. The molecule has 1 aromatic carbocycles. The molecule has 1 aliphatic carbocycles. The van der Waals surface area contributed by atoms with Crippen LogP contribution in [0.4, 0.5) is 0 Å². The topological polar surface area (TPSA) is 52.6 Å². The molecule has 0 bridgehead atoms. The number of carbonyl (C=O) groups excluding carboxylic acids is 1. The van der Waals surface area contributed by atoms with E-state index < -0.39 is 5.60 Å². The van der Waals surface area contributed by atoms with Gasteiger partial charge in [0.05, 0.1) is 12.1 Å². The molecule has 1 aliphatic rings. The summed E-state index contributed by atoms with van der Waals surface area (Å²) >= 11 is 0. The lowest BCUT2D eigenvalue weighted by Gasteiger charge is -2.23. The maximum absolute atomic E-state index is 11.9. The minimum atomic E-state index is -0.673. The normalized spacial score (nSPS) is 17.4. The van der Waals surface area contributed by atoms with Crippen molar-refractivity contribution in [3.63, 3.8) is 0 Å². The number of amides is 1. The van der Waals surface area contributed by atoms with Crippen LogP contribution < -0.4 is 5.32 Å². The highest BCUT2D eigenvalue weighted by atomic mass is 16.3. The van der Waals surface area contributed by atoms with E-state index in [2.05, 4.69) is 17.4 Å². The number of nitrogens with zero attached hydrogens (tertiary/aromatic N) is 1. The quantitative estimate of drug-likeness (QED) is 0.828. The summed E-state index contributed by atoms with van der Waals surface area (Å²) in [4.78, 5) is 13.9. The number of nitrogens with one attached hydrogen (secondary N) is 1. The van der Waals surface area contributed by atoms with E-state index in [4.69, 9.17) is 0 Å². The molecule has 4 heteroatoms. The fraction of sp³-hybridized carbons (Fsp3) is 0.562. The highest BCUT2D eigenvalue weighted by Crippen LogP contribution is 2.28. The van der Waals surface area contributed by atoms with Gasteiger partial charge in [-0.05, 0) is 25.5 Å². The average Bonchev–Trinajstić information content (AvgIpc) is 2.85. The van der Waals surface area contributed by atoms with Crippen molar-refractivity contribution >= 4 is 5.91 Å². The van der Waals surface area contributed by atoms with Gasteiger partial charge in [0.25, 0.3) is 0 Å². The summed E-state index contributed by atoms with van der Waals surface area (Å²) in [6.45, 7) is 1.48. The first-order valence-corrected chi connectivity index (χ1v) is 7.29. The third kappa shape index (κ3) is 4.62. The van der Waals surface area contributed by atoms with Gasteiger partial charge in [-0.3, -0.25) is 9.69 Å². The van der Waals surface area contributed by atoms with Crippen molar-refractivity contribution in [3.8, 4) is 0 Å². The Balaban J connectivity index is 1.71. The third-order valence-corrected chi connectivity index (χ3v) is 3.86. The van der Waals surface area contributed by atoms with E-state index in [1.165, 1.54) is 5.56 Å². The Kier molecular flexibility index (Phi) is 5.15. The van der Waals surface area contributed by atoms with Crippen LogP contribution in [-0.4, -0.2) is 41.7 Å². The largest absolute Gasteiger partial charge is 0.388 e. The van der Waals surface area contributed by atoms with Crippen LogP contribution in [0.15, 0.2) is 30.3 Å². The van der Waals surface area contributed by atoms with Gasteiger partial charge in [0.2, 0.25) is 5.91 Å². The zero-order valence-corrected chi connectivity index (χ0v) is 12.1. The molecule has 1 amide bonds. The van der Waals surface area contributed by atoms with E-state index in [1.54, 1.807) is 0 Å². The van der Waals surface area contributed by atoms with Gasteiger partial charge in [0.15, 0.2) is 0 Å². The zero-order chi connectivity index (χ0) is 14.4. The molecule has 1 saturated carbocycles. The van der Waals surface area contributed by atoms with Crippen LogP contribution in [0.25, 0.3) is 0 Å². The van der Waals surface area contributed by atoms with E-state index in [1.807, 2.05) is 30.1 Å². The lowest BCUT2D eigenvalue weighted by Crippen LogP contribution is -2.44. The molecule has 0 atom stereocenters. The Morgan fingerprint density at radius 2 is 1.95 bits per heavy atom. The van der Waals surface area contributed by atoms with Gasteiger partial charge in [-0.15, -0.1) is 0 Å². The van der Waals surface area contributed by atoms with Crippen molar-refractivity contribution in [1.29, 1.82) is 0 Å². The van der Waals surface area contributed by atoms with Crippen LogP contribution in [0.3, 0.4) is 0 Å². The Labute approximate surface area is 120 Å². The van der Waals surface area contributed by atoms with Crippen molar-refractivity contribution in [3.05, 3.63) is 35.9 Å². The van der Waals surface area contributed by atoms with E-state index in [-0.39, 0.29) is 5.91 Å². The van der Waals surface area contributed by atoms with Crippen LogP contribution in [0, 0.1) is 0 Å². The molecule has 4 nitrogen and oxygen atoms in total. The van der Waals surface area contributed by atoms with Gasteiger partial charge in [-0.2, -0.15) is 0 Å². The number of likely N-dealkylation sites (N-methyl/N-ethyl adjacent to an activating group) is 1. The molecule has 2 rings (SSSR count). The van der Waals surface area contributed by atoms with Crippen molar-refractivity contribution < 1.29 is 9.90 Å².